The molecule has 4 nitrogen and oxygen atoms in total. The maximum Gasteiger partial charge on any atom is 0.160 e. The molecule has 0 radical (unpaired) electrons. The lowest BCUT2D eigenvalue weighted by Crippen LogP contribution is -1.94. The summed E-state index contributed by atoms with van der Waals surface area (Å²) in [6.07, 6.45) is 1.92. The minimum Gasteiger partial charge on any atom is -0.254 e. The monoisotopic (exact) mass is 544 g/mol. The van der Waals surface area contributed by atoms with Gasteiger partial charge in [0.05, 0.1) is 26.9 Å². The SMILES string of the molecule is Cc1cnc2c(ccc3c(-c4ccc(-c5nc(-c6ccccc6)nc6c5sc5ccccc56)cc4)cc(C)nc32)c1. The summed E-state index contributed by atoms with van der Waals surface area (Å²) in [5.41, 5.74) is 10.3. The fraction of sp³-hybridized carbons (Fsp3) is 0.0556. The first-order valence-electron chi connectivity index (χ1n) is 13.6. The van der Waals surface area contributed by atoms with Crippen LogP contribution in [0.25, 0.3) is 75.9 Å². The summed E-state index contributed by atoms with van der Waals surface area (Å²) in [4.78, 5) is 19.8. The molecule has 8 aromatic rings. The number of aromatic nitrogens is 4. The third-order valence-corrected chi connectivity index (χ3v) is 8.78. The molecule has 0 unspecified atom stereocenters. The average Bonchev–Trinajstić information content (AvgIpc) is 3.39. The van der Waals surface area contributed by atoms with Gasteiger partial charge in [-0.1, -0.05) is 84.9 Å². The van der Waals surface area contributed by atoms with E-state index in [1.54, 1.807) is 11.3 Å². The van der Waals surface area contributed by atoms with Crippen molar-refractivity contribution in [3.8, 4) is 33.8 Å². The van der Waals surface area contributed by atoms with Gasteiger partial charge in [-0.3, -0.25) is 9.97 Å². The quantitative estimate of drug-likeness (QED) is 0.208. The third-order valence-electron chi connectivity index (χ3n) is 7.62. The number of thiophene rings is 1. The average molecular weight is 545 g/mol. The van der Waals surface area contributed by atoms with E-state index in [0.717, 1.165) is 77.1 Å². The summed E-state index contributed by atoms with van der Waals surface area (Å²) >= 11 is 1.75. The number of nitrogens with zero attached hydrogens (tertiary/aromatic N) is 4. The largest absolute Gasteiger partial charge is 0.254 e. The summed E-state index contributed by atoms with van der Waals surface area (Å²) in [7, 11) is 0. The topological polar surface area (TPSA) is 51.6 Å². The van der Waals surface area contributed by atoms with Crippen LogP contribution in [0.15, 0.2) is 109 Å². The number of hydrogen-bond donors (Lipinski definition) is 0. The van der Waals surface area contributed by atoms with E-state index in [9.17, 15) is 0 Å². The van der Waals surface area contributed by atoms with E-state index in [-0.39, 0.29) is 0 Å². The van der Waals surface area contributed by atoms with Crippen LogP contribution in [0.5, 0.6) is 0 Å². The van der Waals surface area contributed by atoms with Crippen molar-refractivity contribution in [2.24, 2.45) is 0 Å². The zero-order chi connectivity index (χ0) is 27.5. The zero-order valence-corrected chi connectivity index (χ0v) is 23.4. The van der Waals surface area contributed by atoms with Gasteiger partial charge in [-0.25, -0.2) is 9.97 Å². The lowest BCUT2D eigenvalue weighted by molar-refractivity contribution is 1.24. The second-order valence-corrected chi connectivity index (χ2v) is 11.5. The molecule has 4 aromatic carbocycles. The van der Waals surface area contributed by atoms with Crippen LogP contribution in [0.1, 0.15) is 11.3 Å². The Morgan fingerprint density at radius 1 is 0.585 bits per heavy atom. The highest BCUT2D eigenvalue weighted by Gasteiger charge is 2.17. The van der Waals surface area contributed by atoms with Crippen LogP contribution in [0, 0.1) is 13.8 Å². The summed E-state index contributed by atoms with van der Waals surface area (Å²) in [6, 6.07) is 36.1. The maximum absolute atomic E-state index is 5.13. The van der Waals surface area contributed by atoms with Gasteiger partial charge in [-0.05, 0) is 48.7 Å². The van der Waals surface area contributed by atoms with Crippen LogP contribution in [0.4, 0.5) is 0 Å². The van der Waals surface area contributed by atoms with E-state index in [1.807, 2.05) is 24.4 Å². The van der Waals surface area contributed by atoms with Crippen LogP contribution in [-0.4, -0.2) is 19.9 Å². The van der Waals surface area contributed by atoms with Crippen LogP contribution < -0.4 is 0 Å². The first kappa shape index (κ1) is 23.9. The minimum absolute atomic E-state index is 0.742. The first-order chi connectivity index (χ1) is 20.1. The molecule has 4 heterocycles. The minimum atomic E-state index is 0.742. The molecule has 41 heavy (non-hydrogen) atoms. The molecular weight excluding hydrogens is 520 g/mol. The molecule has 0 saturated heterocycles. The van der Waals surface area contributed by atoms with Gasteiger partial charge in [0.25, 0.3) is 0 Å². The highest BCUT2D eigenvalue weighted by molar-refractivity contribution is 7.26. The number of fused-ring (bicyclic) bond motifs is 6. The van der Waals surface area contributed by atoms with Gasteiger partial charge in [-0.15, -0.1) is 11.3 Å². The molecule has 8 rings (SSSR count). The van der Waals surface area contributed by atoms with Crippen molar-refractivity contribution in [3.05, 3.63) is 121 Å². The van der Waals surface area contributed by atoms with Crippen molar-refractivity contribution < 1.29 is 0 Å². The molecule has 0 amide bonds. The molecule has 5 heteroatoms. The predicted octanol–water partition coefficient (Wildman–Crippen LogP) is 9.56. The van der Waals surface area contributed by atoms with E-state index >= 15 is 0 Å². The highest BCUT2D eigenvalue weighted by Crippen LogP contribution is 2.40. The molecule has 0 spiro atoms. The Morgan fingerprint density at radius 3 is 2.22 bits per heavy atom. The van der Waals surface area contributed by atoms with E-state index < -0.39 is 0 Å². The molecule has 4 aromatic heterocycles. The second kappa shape index (κ2) is 9.29. The van der Waals surface area contributed by atoms with Gasteiger partial charge >= 0.3 is 0 Å². The van der Waals surface area contributed by atoms with Crippen molar-refractivity contribution in [1.29, 1.82) is 0 Å². The van der Waals surface area contributed by atoms with E-state index in [1.165, 1.54) is 10.1 Å². The van der Waals surface area contributed by atoms with E-state index in [2.05, 4.69) is 98.8 Å². The fourth-order valence-corrected chi connectivity index (χ4v) is 6.83. The molecule has 0 aliphatic rings. The number of benzene rings is 4. The standard InChI is InChI=1S/C36H24N4S/c1-21-18-26-16-17-27-29(19-22(2)38-33(27)31(26)37-20-21)23-12-14-24(15-13-23)32-35-34(28-10-6-7-11-30(28)41-35)40-36(39-32)25-8-4-3-5-9-25/h3-20H,1-2H3. The summed E-state index contributed by atoms with van der Waals surface area (Å²) in [5.74, 6) is 0.742. The summed E-state index contributed by atoms with van der Waals surface area (Å²) in [6.45, 7) is 4.12. The van der Waals surface area contributed by atoms with Crippen LogP contribution in [0.3, 0.4) is 0 Å². The molecular formula is C36H24N4S. The van der Waals surface area contributed by atoms with Gasteiger partial charge in [0.2, 0.25) is 0 Å². The van der Waals surface area contributed by atoms with Crippen molar-refractivity contribution in [2.75, 3.05) is 0 Å². The molecule has 0 saturated carbocycles. The van der Waals surface area contributed by atoms with Crippen LogP contribution in [-0.2, 0) is 0 Å². The molecule has 0 aliphatic carbocycles. The van der Waals surface area contributed by atoms with Gasteiger partial charge in [-0.2, -0.15) is 0 Å². The lowest BCUT2D eigenvalue weighted by Gasteiger charge is -2.12. The lowest BCUT2D eigenvalue weighted by atomic mass is 9.97. The van der Waals surface area contributed by atoms with Crippen molar-refractivity contribution in [3.63, 3.8) is 0 Å². The first-order valence-corrected chi connectivity index (χ1v) is 14.5. The van der Waals surface area contributed by atoms with E-state index in [4.69, 9.17) is 19.9 Å². The molecule has 0 N–H and O–H groups in total. The fourth-order valence-electron chi connectivity index (χ4n) is 5.67. The molecule has 194 valence electrons. The second-order valence-electron chi connectivity index (χ2n) is 10.5. The summed E-state index contributed by atoms with van der Waals surface area (Å²) < 4.78 is 2.33. The number of hydrogen-bond acceptors (Lipinski definition) is 5. The van der Waals surface area contributed by atoms with Gasteiger partial charge < -0.3 is 0 Å². The maximum atomic E-state index is 5.13. The smallest absolute Gasteiger partial charge is 0.160 e. The molecule has 0 bridgehead atoms. The van der Waals surface area contributed by atoms with Crippen LogP contribution >= 0.6 is 11.3 Å². The Kier molecular flexibility index (Phi) is 5.40. The van der Waals surface area contributed by atoms with Gasteiger partial charge in [0, 0.05) is 43.9 Å². The summed E-state index contributed by atoms with van der Waals surface area (Å²) in [5, 5.41) is 3.38. The van der Waals surface area contributed by atoms with Crippen LogP contribution in [0.2, 0.25) is 0 Å². The zero-order valence-electron chi connectivity index (χ0n) is 22.6. The molecule has 0 aliphatic heterocycles. The predicted molar refractivity (Wildman–Crippen MR) is 171 cm³/mol. The molecule has 0 atom stereocenters. The van der Waals surface area contributed by atoms with Crippen molar-refractivity contribution >= 4 is 53.4 Å². The Hall–Kier alpha value is -5.00. The third kappa shape index (κ3) is 3.97. The Morgan fingerprint density at radius 2 is 1.37 bits per heavy atom. The normalized spacial score (nSPS) is 11.7. The number of aryl methyl sites for hydroxylation is 2. The van der Waals surface area contributed by atoms with Gasteiger partial charge in [0.15, 0.2) is 5.82 Å². The highest BCUT2D eigenvalue weighted by atomic mass is 32.1. The van der Waals surface area contributed by atoms with Crippen molar-refractivity contribution in [1.82, 2.24) is 19.9 Å². The Labute approximate surface area is 241 Å². The number of pyridine rings is 2. The Bertz CT molecular complexity index is 2270. The van der Waals surface area contributed by atoms with Crippen molar-refractivity contribution in [2.45, 2.75) is 13.8 Å². The molecule has 0 fully saturated rings. The van der Waals surface area contributed by atoms with E-state index in [0.29, 0.717) is 0 Å². The number of rotatable bonds is 3. The Balaban J connectivity index is 1.31. The van der Waals surface area contributed by atoms with Gasteiger partial charge in [0.1, 0.15) is 0 Å².